The summed E-state index contributed by atoms with van der Waals surface area (Å²) in [5, 5.41) is 1.14. The standard InChI is InChI=1S/C17H25N5.C2H6/c1-17(2)8-12-5-7-22(10-13(12)9-21(17)3)16-14-4-6-18-15(14)19-11-20-16;1-2/h4,6,11-13H,5,7-10H2,1-3H3,(H,18,19,20);1-2H3. The zero-order chi connectivity index (χ0) is 17.3. The number of hydrogen-bond acceptors (Lipinski definition) is 4. The summed E-state index contributed by atoms with van der Waals surface area (Å²) in [7, 11) is 2.27. The molecule has 1 N–H and O–H groups in total. The lowest BCUT2D eigenvalue weighted by atomic mass is 9.73. The van der Waals surface area contributed by atoms with Gasteiger partial charge in [0.1, 0.15) is 17.8 Å². The van der Waals surface area contributed by atoms with Crippen LogP contribution < -0.4 is 4.90 Å². The Kier molecular flexibility index (Phi) is 4.81. The van der Waals surface area contributed by atoms with Gasteiger partial charge in [-0.05, 0) is 51.6 Å². The highest BCUT2D eigenvalue weighted by atomic mass is 15.2. The minimum absolute atomic E-state index is 0.339. The Labute approximate surface area is 145 Å². The molecule has 4 heterocycles. The Morgan fingerprint density at radius 1 is 1.17 bits per heavy atom. The lowest BCUT2D eigenvalue weighted by Gasteiger charge is -2.51. The Hall–Kier alpha value is -1.62. The van der Waals surface area contributed by atoms with Gasteiger partial charge in [-0.15, -0.1) is 0 Å². The number of H-pyrrole nitrogens is 1. The van der Waals surface area contributed by atoms with Crippen molar-refractivity contribution in [1.82, 2.24) is 19.9 Å². The van der Waals surface area contributed by atoms with Gasteiger partial charge in [-0.25, -0.2) is 9.97 Å². The molecule has 0 amide bonds. The molecule has 2 aliphatic rings. The number of nitrogens with zero attached hydrogens (tertiary/aromatic N) is 4. The Bertz CT molecular complexity index is 677. The first-order valence-corrected chi connectivity index (χ1v) is 9.29. The van der Waals surface area contributed by atoms with Crippen molar-refractivity contribution in [2.24, 2.45) is 11.8 Å². The number of likely N-dealkylation sites (tertiary alicyclic amines) is 1. The fourth-order valence-electron chi connectivity index (χ4n) is 4.26. The molecule has 2 saturated heterocycles. The molecule has 0 saturated carbocycles. The van der Waals surface area contributed by atoms with Gasteiger partial charge in [-0.2, -0.15) is 0 Å². The van der Waals surface area contributed by atoms with E-state index in [1.807, 2.05) is 20.0 Å². The van der Waals surface area contributed by atoms with Crippen LogP contribution in [0, 0.1) is 11.8 Å². The summed E-state index contributed by atoms with van der Waals surface area (Å²) < 4.78 is 0. The molecule has 24 heavy (non-hydrogen) atoms. The van der Waals surface area contributed by atoms with Crippen LogP contribution in [-0.4, -0.2) is 52.1 Å². The molecule has 2 aromatic rings. The van der Waals surface area contributed by atoms with Crippen LogP contribution in [0.2, 0.25) is 0 Å². The smallest absolute Gasteiger partial charge is 0.142 e. The summed E-state index contributed by atoms with van der Waals surface area (Å²) in [6, 6.07) is 2.09. The van der Waals surface area contributed by atoms with Gasteiger partial charge in [0.15, 0.2) is 0 Å². The lowest BCUT2D eigenvalue weighted by Crippen LogP contribution is -2.56. The van der Waals surface area contributed by atoms with Gasteiger partial charge in [0.25, 0.3) is 0 Å². The number of nitrogens with one attached hydrogen (secondary N) is 1. The normalized spacial score (nSPS) is 26.6. The third-order valence-corrected chi connectivity index (χ3v) is 5.83. The van der Waals surface area contributed by atoms with E-state index < -0.39 is 0 Å². The van der Waals surface area contributed by atoms with E-state index in [9.17, 15) is 0 Å². The fourth-order valence-corrected chi connectivity index (χ4v) is 4.26. The van der Waals surface area contributed by atoms with E-state index in [1.165, 1.54) is 19.4 Å². The maximum absolute atomic E-state index is 4.57. The van der Waals surface area contributed by atoms with Gasteiger partial charge >= 0.3 is 0 Å². The topological polar surface area (TPSA) is 48.1 Å². The third-order valence-electron chi connectivity index (χ3n) is 5.83. The van der Waals surface area contributed by atoms with E-state index in [1.54, 1.807) is 6.33 Å². The summed E-state index contributed by atoms with van der Waals surface area (Å²) in [6.45, 7) is 12.2. The monoisotopic (exact) mass is 329 g/mol. The number of aromatic amines is 1. The Morgan fingerprint density at radius 3 is 2.75 bits per heavy atom. The molecule has 4 rings (SSSR count). The molecule has 0 radical (unpaired) electrons. The Balaban J connectivity index is 0.000000815. The minimum atomic E-state index is 0.339. The maximum Gasteiger partial charge on any atom is 0.142 e. The predicted octanol–water partition coefficient (Wildman–Crippen LogP) is 3.54. The highest BCUT2D eigenvalue weighted by Crippen LogP contribution is 2.40. The van der Waals surface area contributed by atoms with Crippen LogP contribution in [-0.2, 0) is 0 Å². The van der Waals surface area contributed by atoms with Crippen LogP contribution >= 0.6 is 0 Å². The lowest BCUT2D eigenvalue weighted by molar-refractivity contribution is 0.0203. The maximum atomic E-state index is 4.57. The molecule has 0 bridgehead atoms. The number of aromatic nitrogens is 3. The van der Waals surface area contributed by atoms with Gasteiger partial charge in [0, 0.05) is 31.4 Å². The minimum Gasteiger partial charge on any atom is -0.356 e. The van der Waals surface area contributed by atoms with Crippen LogP contribution in [0.5, 0.6) is 0 Å². The second-order valence-corrected chi connectivity index (χ2v) is 7.59. The number of anilines is 1. The molecule has 0 aromatic carbocycles. The van der Waals surface area contributed by atoms with Crippen LogP contribution in [0.4, 0.5) is 5.82 Å². The zero-order valence-corrected chi connectivity index (χ0v) is 15.7. The van der Waals surface area contributed by atoms with Crippen molar-refractivity contribution in [2.45, 2.75) is 46.1 Å². The van der Waals surface area contributed by atoms with Crippen LogP contribution in [0.25, 0.3) is 11.0 Å². The number of rotatable bonds is 1. The second kappa shape index (κ2) is 6.71. The van der Waals surface area contributed by atoms with Crippen molar-refractivity contribution in [1.29, 1.82) is 0 Å². The second-order valence-electron chi connectivity index (χ2n) is 7.59. The van der Waals surface area contributed by atoms with Gasteiger partial charge in [-0.3, -0.25) is 0 Å². The molecular weight excluding hydrogens is 298 g/mol. The summed E-state index contributed by atoms with van der Waals surface area (Å²) in [6.07, 6.45) is 6.21. The predicted molar refractivity (Wildman–Crippen MR) is 100 cm³/mol. The van der Waals surface area contributed by atoms with E-state index in [2.05, 4.69) is 51.7 Å². The molecule has 5 nitrogen and oxygen atoms in total. The number of piperidine rings is 2. The van der Waals surface area contributed by atoms with E-state index in [0.717, 1.165) is 41.8 Å². The third kappa shape index (κ3) is 3.02. The van der Waals surface area contributed by atoms with Crippen molar-refractivity contribution >= 4 is 16.9 Å². The van der Waals surface area contributed by atoms with Gasteiger partial charge < -0.3 is 14.8 Å². The first-order valence-electron chi connectivity index (χ1n) is 9.29. The summed E-state index contributed by atoms with van der Waals surface area (Å²) in [5.41, 5.74) is 1.28. The molecule has 2 aromatic heterocycles. The van der Waals surface area contributed by atoms with Crippen molar-refractivity contribution in [2.75, 3.05) is 31.6 Å². The molecular formula is C19H31N5. The van der Waals surface area contributed by atoms with Crippen molar-refractivity contribution in [3.8, 4) is 0 Å². The van der Waals surface area contributed by atoms with Crippen molar-refractivity contribution in [3.05, 3.63) is 18.6 Å². The number of hydrogen-bond donors (Lipinski definition) is 1. The Morgan fingerprint density at radius 2 is 1.96 bits per heavy atom. The van der Waals surface area contributed by atoms with Gasteiger partial charge in [-0.1, -0.05) is 13.8 Å². The highest BCUT2D eigenvalue weighted by Gasteiger charge is 2.41. The number of fused-ring (bicyclic) bond motifs is 2. The fraction of sp³-hybridized carbons (Fsp3) is 0.684. The van der Waals surface area contributed by atoms with E-state index in [4.69, 9.17) is 0 Å². The van der Waals surface area contributed by atoms with Gasteiger partial charge in [0.05, 0.1) is 5.39 Å². The molecule has 2 atom stereocenters. The molecule has 132 valence electrons. The summed E-state index contributed by atoms with van der Waals surface area (Å²) in [4.78, 5) is 17.1. The van der Waals surface area contributed by atoms with Crippen LogP contribution in [0.1, 0.15) is 40.5 Å². The molecule has 2 fully saturated rings. The largest absolute Gasteiger partial charge is 0.356 e. The molecule has 0 aliphatic carbocycles. The molecule has 2 aliphatic heterocycles. The molecule has 5 heteroatoms. The van der Waals surface area contributed by atoms with Crippen molar-refractivity contribution in [3.63, 3.8) is 0 Å². The average Bonchev–Trinajstić information content (AvgIpc) is 3.06. The summed E-state index contributed by atoms with van der Waals surface area (Å²) >= 11 is 0. The van der Waals surface area contributed by atoms with Crippen LogP contribution in [0.15, 0.2) is 18.6 Å². The summed E-state index contributed by atoms with van der Waals surface area (Å²) in [5.74, 6) is 2.69. The van der Waals surface area contributed by atoms with E-state index >= 15 is 0 Å². The first-order chi connectivity index (χ1) is 11.5. The molecule has 2 unspecified atom stereocenters. The average molecular weight is 329 g/mol. The highest BCUT2D eigenvalue weighted by molar-refractivity contribution is 5.87. The molecule has 0 spiro atoms. The van der Waals surface area contributed by atoms with Gasteiger partial charge in [0.2, 0.25) is 0 Å². The SMILES string of the molecule is CC.CN1CC2CN(c3ncnc4[nH]ccc34)CCC2CC1(C)C. The van der Waals surface area contributed by atoms with Crippen LogP contribution in [0.3, 0.4) is 0 Å². The zero-order valence-electron chi connectivity index (χ0n) is 15.7. The van der Waals surface area contributed by atoms with E-state index in [-0.39, 0.29) is 0 Å². The quantitative estimate of drug-likeness (QED) is 0.869. The van der Waals surface area contributed by atoms with Crippen molar-refractivity contribution < 1.29 is 0 Å². The first kappa shape index (κ1) is 17.2. The van der Waals surface area contributed by atoms with E-state index in [0.29, 0.717) is 5.54 Å².